The summed E-state index contributed by atoms with van der Waals surface area (Å²) >= 11 is 1.76. The molecule has 0 unspecified atom stereocenters. The third-order valence-electron chi connectivity index (χ3n) is 6.32. The Labute approximate surface area is 191 Å². The van der Waals surface area contributed by atoms with Crippen LogP contribution in [0.2, 0.25) is 0 Å². The van der Waals surface area contributed by atoms with Crippen molar-refractivity contribution < 1.29 is 9.59 Å². The monoisotopic (exact) mass is 449 g/mol. The van der Waals surface area contributed by atoms with E-state index in [1.807, 2.05) is 34.7 Å². The number of hydrogen-bond donors (Lipinski definition) is 1. The maximum atomic E-state index is 13.5. The number of thiophene rings is 1. The van der Waals surface area contributed by atoms with Crippen molar-refractivity contribution in [2.45, 2.75) is 26.7 Å². The van der Waals surface area contributed by atoms with Crippen LogP contribution in [0, 0.1) is 6.92 Å². The van der Waals surface area contributed by atoms with E-state index in [0.29, 0.717) is 5.69 Å². The maximum absolute atomic E-state index is 13.5. The summed E-state index contributed by atoms with van der Waals surface area (Å²) in [4.78, 5) is 30.5. The number of hydrogen-bond acceptors (Lipinski definition) is 5. The Balaban J connectivity index is 1.61. The lowest BCUT2D eigenvalue weighted by atomic mass is 9.94. The van der Waals surface area contributed by atoms with Gasteiger partial charge in [-0.15, -0.1) is 11.3 Å². The van der Waals surface area contributed by atoms with E-state index in [-0.39, 0.29) is 11.8 Å². The Morgan fingerprint density at radius 3 is 2.59 bits per heavy atom. The summed E-state index contributed by atoms with van der Waals surface area (Å²) < 4.78 is 1.94. The Morgan fingerprint density at radius 1 is 1.09 bits per heavy atom. The second-order valence-corrected chi connectivity index (χ2v) is 9.62. The minimum absolute atomic E-state index is 0.0271. The molecule has 0 radical (unpaired) electrons. The standard InChI is InChI=1S/C24H27N5O2S/c1-15-14-17(25-16(2)30)4-6-20(15)29-23-18-8-13-32-21(18)7-5-19(23)22(26-29)24(31)28-11-9-27(3)10-12-28/h4,6,8,13-14H,5,7,9-12H2,1-3H3,(H,25,30). The SMILES string of the molecule is CC(=O)Nc1ccc(-n2nc(C(=O)N3CCN(C)CC3)c3c2-c2ccsc2CC3)c(C)c1. The number of fused-ring (bicyclic) bond motifs is 3. The van der Waals surface area contributed by atoms with Crippen molar-refractivity contribution in [2.24, 2.45) is 0 Å². The predicted octanol–water partition coefficient (Wildman–Crippen LogP) is 3.35. The number of carbonyl (C=O) groups excluding carboxylic acids is 2. The highest BCUT2D eigenvalue weighted by molar-refractivity contribution is 7.10. The third-order valence-corrected chi connectivity index (χ3v) is 7.31. The van der Waals surface area contributed by atoms with Gasteiger partial charge in [0.05, 0.1) is 11.4 Å². The van der Waals surface area contributed by atoms with Gasteiger partial charge in [-0.1, -0.05) is 0 Å². The van der Waals surface area contributed by atoms with Gasteiger partial charge in [0, 0.05) is 54.8 Å². The molecule has 0 saturated carbocycles. The summed E-state index contributed by atoms with van der Waals surface area (Å²) in [7, 11) is 2.09. The molecule has 1 fully saturated rings. The van der Waals surface area contributed by atoms with Crippen LogP contribution in [0.1, 0.15) is 33.4 Å². The van der Waals surface area contributed by atoms with Crippen molar-refractivity contribution in [3.05, 3.63) is 51.3 Å². The lowest BCUT2D eigenvalue weighted by molar-refractivity contribution is -0.114. The van der Waals surface area contributed by atoms with E-state index in [0.717, 1.165) is 67.2 Å². The van der Waals surface area contributed by atoms with Gasteiger partial charge >= 0.3 is 0 Å². The number of nitrogens with zero attached hydrogens (tertiary/aromatic N) is 4. The topological polar surface area (TPSA) is 70.5 Å². The van der Waals surface area contributed by atoms with Crippen molar-refractivity contribution in [3.63, 3.8) is 0 Å². The molecule has 32 heavy (non-hydrogen) atoms. The van der Waals surface area contributed by atoms with Gasteiger partial charge in [-0.25, -0.2) is 4.68 Å². The molecule has 3 heterocycles. The zero-order valence-electron chi connectivity index (χ0n) is 18.6. The van der Waals surface area contributed by atoms with Gasteiger partial charge in [0.25, 0.3) is 5.91 Å². The Bertz CT molecular complexity index is 1200. The number of rotatable bonds is 3. The molecule has 1 aromatic carbocycles. The number of aromatic nitrogens is 2. The smallest absolute Gasteiger partial charge is 0.274 e. The normalized spacial score (nSPS) is 15.9. The minimum atomic E-state index is -0.100. The molecular formula is C24H27N5O2S. The van der Waals surface area contributed by atoms with Crippen LogP contribution in [0.5, 0.6) is 0 Å². The molecular weight excluding hydrogens is 422 g/mol. The third kappa shape index (κ3) is 3.63. The van der Waals surface area contributed by atoms with E-state index in [1.54, 1.807) is 11.3 Å². The van der Waals surface area contributed by atoms with Crippen LogP contribution in [0.4, 0.5) is 5.69 Å². The number of carbonyl (C=O) groups is 2. The summed E-state index contributed by atoms with van der Waals surface area (Å²) in [5, 5.41) is 9.87. The summed E-state index contributed by atoms with van der Waals surface area (Å²) in [6, 6.07) is 7.95. The average Bonchev–Trinajstić information content (AvgIpc) is 3.38. The van der Waals surface area contributed by atoms with E-state index in [4.69, 9.17) is 5.10 Å². The zero-order chi connectivity index (χ0) is 22.4. The molecule has 0 bridgehead atoms. The lowest BCUT2D eigenvalue weighted by Gasteiger charge is -2.32. The molecule has 2 aliphatic rings. The summed E-state index contributed by atoms with van der Waals surface area (Å²) in [5.41, 5.74) is 6.49. The van der Waals surface area contributed by atoms with Gasteiger partial charge in [0.1, 0.15) is 0 Å². The molecule has 8 heteroatoms. The number of aryl methyl sites for hydroxylation is 2. The quantitative estimate of drug-likeness (QED) is 0.666. The average molecular weight is 450 g/mol. The van der Waals surface area contributed by atoms with Gasteiger partial charge in [-0.05, 0) is 62.0 Å². The fourth-order valence-corrected chi connectivity index (χ4v) is 5.51. The molecule has 0 atom stereocenters. The fourth-order valence-electron chi connectivity index (χ4n) is 4.63. The van der Waals surface area contributed by atoms with Crippen molar-refractivity contribution in [1.82, 2.24) is 19.6 Å². The van der Waals surface area contributed by atoms with Gasteiger partial charge in [0.15, 0.2) is 5.69 Å². The Kier molecular flexibility index (Phi) is 5.35. The van der Waals surface area contributed by atoms with Crippen LogP contribution in [0.15, 0.2) is 29.6 Å². The first-order valence-corrected chi connectivity index (χ1v) is 11.9. The molecule has 7 nitrogen and oxygen atoms in total. The first-order valence-electron chi connectivity index (χ1n) is 11.0. The van der Waals surface area contributed by atoms with Gasteiger partial charge < -0.3 is 15.1 Å². The predicted molar refractivity (Wildman–Crippen MR) is 127 cm³/mol. The van der Waals surface area contributed by atoms with Crippen LogP contribution in [0.3, 0.4) is 0 Å². The Hall–Kier alpha value is -2.97. The highest BCUT2D eigenvalue weighted by Gasteiger charge is 2.32. The van der Waals surface area contributed by atoms with E-state index in [9.17, 15) is 9.59 Å². The van der Waals surface area contributed by atoms with Crippen molar-refractivity contribution in [3.8, 4) is 16.9 Å². The number of nitrogens with one attached hydrogen (secondary N) is 1. The van der Waals surface area contributed by atoms with Crippen LogP contribution >= 0.6 is 11.3 Å². The van der Waals surface area contributed by atoms with Crippen molar-refractivity contribution in [1.29, 1.82) is 0 Å². The van der Waals surface area contributed by atoms with Crippen molar-refractivity contribution >= 4 is 28.8 Å². The highest BCUT2D eigenvalue weighted by atomic mass is 32.1. The minimum Gasteiger partial charge on any atom is -0.335 e. The number of amides is 2. The summed E-state index contributed by atoms with van der Waals surface area (Å²) in [6.45, 7) is 6.73. The zero-order valence-corrected chi connectivity index (χ0v) is 19.5. The van der Waals surface area contributed by atoms with Crippen LogP contribution < -0.4 is 5.32 Å². The van der Waals surface area contributed by atoms with E-state index < -0.39 is 0 Å². The van der Waals surface area contributed by atoms with Gasteiger partial charge in [0.2, 0.25) is 5.91 Å². The largest absolute Gasteiger partial charge is 0.335 e. The number of benzene rings is 1. The fraction of sp³-hybridized carbons (Fsp3) is 0.375. The Morgan fingerprint density at radius 2 is 1.88 bits per heavy atom. The van der Waals surface area contributed by atoms with Gasteiger partial charge in [-0.3, -0.25) is 9.59 Å². The molecule has 2 amide bonds. The summed E-state index contributed by atoms with van der Waals surface area (Å²) in [6.07, 6.45) is 1.76. The summed E-state index contributed by atoms with van der Waals surface area (Å²) in [5.74, 6) is -0.0732. The molecule has 1 saturated heterocycles. The molecule has 1 aliphatic heterocycles. The maximum Gasteiger partial charge on any atom is 0.274 e. The lowest BCUT2D eigenvalue weighted by Crippen LogP contribution is -2.47. The molecule has 0 spiro atoms. The molecule has 2 aromatic heterocycles. The van der Waals surface area contributed by atoms with E-state index >= 15 is 0 Å². The van der Waals surface area contributed by atoms with Crippen molar-refractivity contribution in [2.75, 3.05) is 38.5 Å². The first-order chi connectivity index (χ1) is 15.4. The molecule has 1 N–H and O–H groups in total. The van der Waals surface area contributed by atoms with E-state index in [2.05, 4.69) is 28.7 Å². The molecule has 5 rings (SSSR count). The second kappa shape index (κ2) is 8.18. The molecule has 166 valence electrons. The molecule has 3 aromatic rings. The van der Waals surface area contributed by atoms with Crippen LogP contribution in [0.25, 0.3) is 16.9 Å². The molecule has 1 aliphatic carbocycles. The van der Waals surface area contributed by atoms with Crippen LogP contribution in [-0.4, -0.2) is 64.6 Å². The van der Waals surface area contributed by atoms with E-state index in [1.165, 1.54) is 17.4 Å². The number of likely N-dealkylation sites (N-methyl/N-ethyl adjacent to an activating group) is 1. The number of piperazine rings is 1. The van der Waals surface area contributed by atoms with Gasteiger partial charge in [-0.2, -0.15) is 5.10 Å². The van der Waals surface area contributed by atoms with Crippen LogP contribution in [-0.2, 0) is 17.6 Å². The highest BCUT2D eigenvalue weighted by Crippen LogP contribution is 2.40. The second-order valence-electron chi connectivity index (χ2n) is 8.62. The number of anilines is 1. The first kappa shape index (κ1) is 20.9.